The molecule has 454 valence electrons. The van der Waals surface area contributed by atoms with Gasteiger partial charge >= 0.3 is 24.2 Å². The van der Waals surface area contributed by atoms with Gasteiger partial charge in [-0.2, -0.15) is 0 Å². The maximum absolute atomic E-state index is 14.5. The summed E-state index contributed by atoms with van der Waals surface area (Å²) in [6.45, 7) is 11.3. The summed E-state index contributed by atoms with van der Waals surface area (Å²) in [6, 6.07) is 12.6. The third kappa shape index (κ3) is 14.3. The van der Waals surface area contributed by atoms with Crippen molar-refractivity contribution >= 4 is 64.5 Å². The summed E-state index contributed by atoms with van der Waals surface area (Å²) in [6.07, 6.45) is 9.77. The lowest BCUT2D eigenvalue weighted by Crippen LogP contribution is -2.53. The molecule has 7 heterocycles. The number of esters is 1. The number of carbonyl (C=O) groups excluding carboxylic acids is 8. The van der Waals surface area contributed by atoms with Crippen molar-refractivity contribution in [3.63, 3.8) is 0 Å². The number of amides is 7. The van der Waals surface area contributed by atoms with E-state index in [9.17, 15) is 43.2 Å². The first-order chi connectivity index (χ1) is 41.0. The lowest BCUT2D eigenvalue weighted by Gasteiger charge is -2.39. The minimum atomic E-state index is -2.01. The first-order valence-electron chi connectivity index (χ1n) is 29.9. The number of nitrogens with zero attached hydrogens (tertiary/aromatic N) is 5. The molecule has 7 amide bonds. The first-order valence-corrected chi connectivity index (χ1v) is 29.9. The molecule has 0 bridgehead atoms. The standard InChI is InChI=1S/C62H78N10O13/c1-5-44-45-32-43(84-60(80)70-30-24-42(25-31-70)69-27-10-8-11-28-69)20-21-49(45)67-55-46(44)35-72-50(55)33-48-47(57(72)77)37-82-58(78)62(48,6-2)85-61(81)83-36-39-16-18-40(19-17-39)65-34-41(14-13-26-64-59(63)79)66-56(76)54(38(3)4)68-51(73)15-9-7-12-29-71-52(74)22-23-53(71)75/h16-23,32-33,38,41-42,54,65H,5-15,24-31,34-37H2,1-4H3,(H,66,76)(H,68,73)(H3,63,64,79)/t41-,54?,62+/m0/s1. The van der Waals surface area contributed by atoms with Gasteiger partial charge in [-0.25, -0.2) is 24.2 Å². The SMILES string of the molecule is CCc1c2c(nc3ccc(OC(=O)N4CCC(N5CCCCC5)CC4)cc13)-c1cc3c(c(=O)n1C2)COC(=O)[C@]3(CC)OC(=O)OCc1ccc(NC[C@H](CCCNC(N)=O)NC(=O)C(NC(=O)CCCCCN2C(=O)C=CC2=O)C(C)C)cc1. The molecule has 0 radical (unpaired) electrons. The Morgan fingerprint density at radius 3 is 2.29 bits per heavy atom. The summed E-state index contributed by atoms with van der Waals surface area (Å²) >= 11 is 0. The van der Waals surface area contributed by atoms with E-state index in [1.54, 1.807) is 58.9 Å². The normalized spacial score (nSPS) is 18.3. The van der Waals surface area contributed by atoms with Gasteiger partial charge in [0.05, 0.1) is 29.0 Å². The molecular formula is C62H78N10O13. The van der Waals surface area contributed by atoms with Gasteiger partial charge in [0.1, 0.15) is 25.0 Å². The Kier molecular flexibility index (Phi) is 19.9. The number of aryl methyl sites for hydroxylation is 1. The average molecular weight is 1170 g/mol. The van der Waals surface area contributed by atoms with Gasteiger partial charge in [0.2, 0.25) is 17.4 Å². The molecule has 9 rings (SSSR count). The molecule has 6 N–H and O–H groups in total. The van der Waals surface area contributed by atoms with Crippen LogP contribution in [0.15, 0.2) is 65.5 Å². The number of ether oxygens (including phenoxy) is 4. The van der Waals surface area contributed by atoms with Crippen LogP contribution in [0.5, 0.6) is 5.75 Å². The molecule has 4 aromatic rings. The number of aromatic nitrogens is 2. The largest absolute Gasteiger partial charge is 0.510 e. The van der Waals surface area contributed by atoms with Gasteiger partial charge in [-0.15, -0.1) is 0 Å². The summed E-state index contributed by atoms with van der Waals surface area (Å²) in [5, 5.41) is 12.6. The van der Waals surface area contributed by atoms with E-state index in [4.69, 9.17) is 29.7 Å². The van der Waals surface area contributed by atoms with Gasteiger partial charge in [0.15, 0.2) is 0 Å². The number of nitrogens with one attached hydrogen (secondary N) is 4. The number of likely N-dealkylation sites (tertiary alicyclic amines) is 2. The van der Waals surface area contributed by atoms with Crippen LogP contribution in [-0.4, -0.2) is 136 Å². The molecule has 0 aliphatic carbocycles. The Morgan fingerprint density at radius 2 is 1.60 bits per heavy atom. The summed E-state index contributed by atoms with van der Waals surface area (Å²) in [5.74, 6) is -2.07. The fraction of sp³-hybridized carbons (Fsp3) is 0.516. The predicted molar refractivity (Wildman–Crippen MR) is 314 cm³/mol. The van der Waals surface area contributed by atoms with Crippen LogP contribution in [0.3, 0.4) is 0 Å². The number of nitrogens with two attached hydrogens (primary N) is 1. The number of primary amides is 1. The van der Waals surface area contributed by atoms with Gasteiger partial charge in [-0.3, -0.25) is 28.9 Å². The Morgan fingerprint density at radius 1 is 0.859 bits per heavy atom. The van der Waals surface area contributed by atoms with Crippen LogP contribution in [0.1, 0.15) is 133 Å². The number of cyclic esters (lactones) is 1. The number of rotatable bonds is 24. The number of urea groups is 1. The van der Waals surface area contributed by atoms with Gasteiger partial charge in [-0.05, 0) is 131 Å². The molecule has 85 heavy (non-hydrogen) atoms. The molecule has 3 atom stereocenters. The third-order valence-corrected chi connectivity index (χ3v) is 16.9. The quantitative estimate of drug-likeness (QED) is 0.0253. The highest BCUT2D eigenvalue weighted by Gasteiger charge is 2.51. The summed E-state index contributed by atoms with van der Waals surface area (Å²) in [5.41, 5.74) is 7.89. The van der Waals surface area contributed by atoms with Crippen molar-refractivity contribution in [1.29, 1.82) is 0 Å². The lowest BCUT2D eigenvalue weighted by molar-refractivity contribution is -0.175. The van der Waals surface area contributed by atoms with Crippen molar-refractivity contribution in [3.8, 4) is 17.1 Å². The Bertz CT molecular complexity index is 3260. The zero-order chi connectivity index (χ0) is 60.4. The van der Waals surface area contributed by atoms with E-state index in [2.05, 4.69) is 26.2 Å². The first kappa shape index (κ1) is 61.2. The summed E-state index contributed by atoms with van der Waals surface area (Å²) < 4.78 is 24.7. The second-order valence-corrected chi connectivity index (χ2v) is 22.8. The zero-order valence-corrected chi connectivity index (χ0v) is 49.0. The van der Waals surface area contributed by atoms with E-state index < -0.39 is 41.4 Å². The predicted octanol–water partition coefficient (Wildman–Crippen LogP) is 6.42. The highest BCUT2D eigenvalue weighted by atomic mass is 16.7. The molecule has 0 spiro atoms. The molecule has 2 aromatic carbocycles. The molecular weight excluding hydrogens is 1090 g/mol. The number of hydrogen-bond donors (Lipinski definition) is 5. The van der Waals surface area contributed by atoms with E-state index in [0.29, 0.717) is 91.6 Å². The van der Waals surface area contributed by atoms with Crippen LogP contribution < -0.4 is 37.3 Å². The zero-order valence-electron chi connectivity index (χ0n) is 49.0. The number of pyridine rings is 2. The number of imide groups is 1. The van der Waals surface area contributed by atoms with E-state index in [-0.39, 0.29) is 99.0 Å². The molecule has 5 aliphatic rings. The van der Waals surface area contributed by atoms with Crippen molar-refractivity contribution in [3.05, 3.63) is 98.9 Å². The molecule has 5 aliphatic heterocycles. The van der Waals surface area contributed by atoms with Gasteiger partial charge in [0, 0.05) is 85.6 Å². The highest BCUT2D eigenvalue weighted by Crippen LogP contribution is 2.43. The van der Waals surface area contributed by atoms with Crippen LogP contribution in [0.25, 0.3) is 22.3 Å². The van der Waals surface area contributed by atoms with Crippen molar-refractivity contribution < 1.29 is 57.3 Å². The molecule has 2 aromatic heterocycles. The minimum absolute atomic E-state index is 0.0715. The van der Waals surface area contributed by atoms with Crippen LogP contribution in [-0.2, 0) is 70.0 Å². The van der Waals surface area contributed by atoms with E-state index in [1.807, 2.05) is 26.8 Å². The average Bonchev–Trinajstić information content (AvgIpc) is 1.76. The lowest BCUT2D eigenvalue weighted by atomic mass is 9.85. The van der Waals surface area contributed by atoms with Crippen LogP contribution >= 0.6 is 0 Å². The van der Waals surface area contributed by atoms with Gasteiger partial charge < -0.3 is 60.3 Å². The fourth-order valence-corrected chi connectivity index (χ4v) is 12.1. The van der Waals surface area contributed by atoms with E-state index in [0.717, 1.165) is 47.3 Å². The van der Waals surface area contributed by atoms with Crippen molar-refractivity contribution in [1.82, 2.24) is 40.2 Å². The Balaban J connectivity index is 0.807. The third-order valence-electron chi connectivity index (χ3n) is 16.9. The monoisotopic (exact) mass is 1170 g/mol. The summed E-state index contributed by atoms with van der Waals surface area (Å²) in [4.78, 5) is 128. The molecule has 1 unspecified atom stereocenters. The number of hydrogen-bond acceptors (Lipinski definition) is 16. The molecule has 23 nitrogen and oxygen atoms in total. The van der Waals surface area contributed by atoms with Crippen LogP contribution in [0.4, 0.5) is 20.1 Å². The maximum atomic E-state index is 14.5. The van der Waals surface area contributed by atoms with Crippen molar-refractivity contribution in [2.45, 2.75) is 155 Å². The fourth-order valence-electron chi connectivity index (χ4n) is 12.1. The number of carbonyl (C=O) groups is 8. The number of anilines is 1. The van der Waals surface area contributed by atoms with Gasteiger partial charge in [-0.1, -0.05) is 52.7 Å². The van der Waals surface area contributed by atoms with E-state index in [1.165, 1.54) is 31.4 Å². The molecule has 2 saturated heterocycles. The van der Waals surface area contributed by atoms with Crippen molar-refractivity contribution in [2.24, 2.45) is 11.7 Å². The molecule has 2 fully saturated rings. The Labute approximate surface area is 493 Å². The minimum Gasteiger partial charge on any atom is -0.457 e. The van der Waals surface area contributed by atoms with Crippen LogP contribution in [0.2, 0.25) is 0 Å². The molecule has 23 heteroatoms. The highest BCUT2D eigenvalue weighted by molar-refractivity contribution is 6.12. The maximum Gasteiger partial charge on any atom is 0.510 e. The van der Waals surface area contributed by atoms with E-state index >= 15 is 0 Å². The number of benzene rings is 2. The Hall–Kier alpha value is -8.34. The van der Waals surface area contributed by atoms with Gasteiger partial charge in [0.25, 0.3) is 17.4 Å². The van der Waals surface area contributed by atoms with Crippen molar-refractivity contribution in [2.75, 3.05) is 51.1 Å². The number of unbranched alkanes of at least 4 members (excludes halogenated alkanes) is 2. The summed E-state index contributed by atoms with van der Waals surface area (Å²) in [7, 11) is 0. The second-order valence-electron chi connectivity index (χ2n) is 22.8. The number of piperidine rings is 2. The van der Waals surface area contributed by atoms with Crippen LogP contribution in [0, 0.1) is 5.92 Å². The smallest absolute Gasteiger partial charge is 0.457 e. The topological polar surface area (TPSA) is 292 Å². The number of fused-ring (bicyclic) bond motifs is 5. The molecule has 0 saturated carbocycles. The second kappa shape index (κ2) is 27.6.